The molecule has 0 saturated heterocycles. The first-order chi connectivity index (χ1) is 12.9. The number of nitrogen functional groups attached to an aromatic ring is 1. The van der Waals surface area contributed by atoms with Gasteiger partial charge in [-0.15, -0.1) is 0 Å². The predicted octanol–water partition coefficient (Wildman–Crippen LogP) is 2.19. The molecule has 8 heteroatoms. The van der Waals surface area contributed by atoms with Crippen LogP contribution in [-0.2, 0) is 16.6 Å². The Balaban J connectivity index is 2.09. The van der Waals surface area contributed by atoms with Crippen molar-refractivity contribution in [2.45, 2.75) is 18.4 Å². The molecule has 0 aliphatic carbocycles. The molecule has 0 bridgehead atoms. The molecule has 0 fully saturated rings. The number of hydrogen-bond acceptors (Lipinski definition) is 5. The number of benzene rings is 2. The van der Waals surface area contributed by atoms with Crippen LogP contribution in [0.2, 0.25) is 0 Å². The molecule has 3 rings (SSSR count). The second kappa shape index (κ2) is 7.59. The average Bonchev–Trinajstić information content (AvgIpc) is 2.97. The zero-order chi connectivity index (χ0) is 19.6. The summed E-state index contributed by atoms with van der Waals surface area (Å²) in [5, 5.41) is 9.74. The topological polar surface area (TPSA) is 107 Å². The number of sulfonamides is 1. The van der Waals surface area contributed by atoms with E-state index in [1.807, 2.05) is 25.1 Å². The Labute approximate surface area is 158 Å². The Morgan fingerprint density at radius 2 is 1.89 bits per heavy atom. The SMILES string of the molecule is CCn1c(-c2ccc(S(=O)(=O)NCCO)cc2)c(N)c2ccc(OC)cc21. The van der Waals surface area contributed by atoms with Crippen LogP contribution in [0.5, 0.6) is 5.75 Å². The van der Waals surface area contributed by atoms with Gasteiger partial charge in [0.05, 0.1) is 35.5 Å². The van der Waals surface area contributed by atoms with Crippen LogP contribution in [0.25, 0.3) is 22.2 Å². The number of rotatable bonds is 7. The highest BCUT2D eigenvalue weighted by Gasteiger charge is 2.18. The fourth-order valence-electron chi connectivity index (χ4n) is 3.18. The van der Waals surface area contributed by atoms with Gasteiger partial charge in [0.2, 0.25) is 10.0 Å². The van der Waals surface area contributed by atoms with Crippen molar-refractivity contribution in [3.63, 3.8) is 0 Å². The fourth-order valence-corrected chi connectivity index (χ4v) is 4.20. The van der Waals surface area contributed by atoms with Crippen molar-refractivity contribution in [1.82, 2.24) is 9.29 Å². The Morgan fingerprint density at radius 1 is 1.19 bits per heavy atom. The summed E-state index contributed by atoms with van der Waals surface area (Å²) in [7, 11) is -2.03. The van der Waals surface area contributed by atoms with Crippen molar-refractivity contribution in [2.24, 2.45) is 0 Å². The van der Waals surface area contributed by atoms with E-state index in [0.717, 1.165) is 27.9 Å². The number of fused-ring (bicyclic) bond motifs is 1. The van der Waals surface area contributed by atoms with E-state index in [1.54, 1.807) is 19.2 Å². The number of hydrogen-bond donors (Lipinski definition) is 3. The maximum atomic E-state index is 12.2. The molecule has 1 heterocycles. The second-order valence-corrected chi connectivity index (χ2v) is 7.80. The van der Waals surface area contributed by atoms with Gasteiger partial charge in [-0.2, -0.15) is 0 Å². The molecule has 2 aromatic carbocycles. The molecule has 0 aliphatic rings. The Kier molecular flexibility index (Phi) is 5.41. The Hall–Kier alpha value is -2.55. The maximum absolute atomic E-state index is 12.2. The summed E-state index contributed by atoms with van der Waals surface area (Å²) >= 11 is 0. The van der Waals surface area contributed by atoms with Crippen LogP contribution in [0.1, 0.15) is 6.92 Å². The number of nitrogens with two attached hydrogens (primary N) is 1. The van der Waals surface area contributed by atoms with Gasteiger partial charge in [0.15, 0.2) is 0 Å². The number of nitrogens with zero attached hydrogens (tertiary/aromatic N) is 1. The molecule has 27 heavy (non-hydrogen) atoms. The van der Waals surface area contributed by atoms with Crippen LogP contribution in [0.3, 0.4) is 0 Å². The van der Waals surface area contributed by atoms with Gasteiger partial charge in [-0.1, -0.05) is 12.1 Å². The quantitative estimate of drug-likeness (QED) is 0.574. The lowest BCUT2D eigenvalue weighted by Crippen LogP contribution is -2.26. The van der Waals surface area contributed by atoms with E-state index >= 15 is 0 Å². The molecule has 0 atom stereocenters. The van der Waals surface area contributed by atoms with Crippen LogP contribution in [0.4, 0.5) is 5.69 Å². The predicted molar refractivity (Wildman–Crippen MR) is 106 cm³/mol. The molecule has 144 valence electrons. The number of aliphatic hydroxyl groups excluding tert-OH is 1. The molecule has 0 amide bonds. The van der Waals surface area contributed by atoms with Crippen LogP contribution < -0.4 is 15.2 Å². The van der Waals surface area contributed by atoms with Gasteiger partial charge < -0.3 is 20.1 Å². The smallest absolute Gasteiger partial charge is 0.240 e. The van der Waals surface area contributed by atoms with Gasteiger partial charge in [0.1, 0.15) is 5.75 Å². The third-order valence-corrected chi connectivity index (χ3v) is 5.95. The first-order valence-corrected chi connectivity index (χ1v) is 10.1. The normalized spacial score (nSPS) is 11.8. The monoisotopic (exact) mass is 389 g/mol. The van der Waals surface area contributed by atoms with E-state index in [-0.39, 0.29) is 18.0 Å². The first kappa shape index (κ1) is 19.2. The summed E-state index contributed by atoms with van der Waals surface area (Å²) in [6, 6.07) is 12.3. The molecule has 3 aromatic rings. The molecule has 4 N–H and O–H groups in total. The van der Waals surface area contributed by atoms with Gasteiger partial charge in [-0.25, -0.2) is 13.1 Å². The Bertz CT molecular complexity index is 1060. The van der Waals surface area contributed by atoms with E-state index < -0.39 is 10.0 Å². The van der Waals surface area contributed by atoms with Crippen LogP contribution in [0, 0.1) is 0 Å². The lowest BCUT2D eigenvalue weighted by atomic mass is 10.1. The summed E-state index contributed by atoms with van der Waals surface area (Å²) in [5.41, 5.74) is 9.68. The van der Waals surface area contributed by atoms with Crippen molar-refractivity contribution in [2.75, 3.05) is 26.0 Å². The highest BCUT2D eigenvalue weighted by atomic mass is 32.2. The molecule has 0 radical (unpaired) electrons. The van der Waals surface area contributed by atoms with E-state index in [1.165, 1.54) is 12.1 Å². The zero-order valence-electron chi connectivity index (χ0n) is 15.3. The summed E-state index contributed by atoms with van der Waals surface area (Å²) in [6.07, 6.45) is 0. The van der Waals surface area contributed by atoms with Gasteiger partial charge in [-0.05, 0) is 31.2 Å². The Morgan fingerprint density at radius 3 is 2.48 bits per heavy atom. The number of anilines is 1. The van der Waals surface area contributed by atoms with Crippen molar-refractivity contribution >= 4 is 26.6 Å². The van der Waals surface area contributed by atoms with Gasteiger partial charge >= 0.3 is 0 Å². The summed E-state index contributed by atoms with van der Waals surface area (Å²) < 4.78 is 34.1. The van der Waals surface area contributed by atoms with Crippen molar-refractivity contribution in [3.8, 4) is 17.0 Å². The largest absolute Gasteiger partial charge is 0.497 e. The average molecular weight is 389 g/mol. The van der Waals surface area contributed by atoms with Crippen LogP contribution >= 0.6 is 0 Å². The summed E-state index contributed by atoms with van der Waals surface area (Å²) in [5.74, 6) is 0.748. The minimum absolute atomic E-state index is 0.0249. The van der Waals surface area contributed by atoms with Crippen LogP contribution in [-0.4, -0.2) is 38.4 Å². The van der Waals surface area contributed by atoms with Crippen molar-refractivity contribution < 1.29 is 18.3 Å². The third kappa shape index (κ3) is 3.51. The standard InChI is InChI=1S/C19H23N3O4S/c1-3-22-17-12-14(26-2)6-9-16(17)18(20)19(22)13-4-7-15(8-5-13)27(24,25)21-10-11-23/h4-9,12,21,23H,3,10-11,20H2,1-2H3. The van der Waals surface area contributed by atoms with E-state index in [0.29, 0.717) is 12.2 Å². The number of aromatic nitrogens is 1. The molecule has 7 nitrogen and oxygen atoms in total. The lowest BCUT2D eigenvalue weighted by molar-refractivity contribution is 0.301. The minimum Gasteiger partial charge on any atom is -0.497 e. The zero-order valence-corrected chi connectivity index (χ0v) is 16.1. The number of nitrogens with one attached hydrogen (secondary N) is 1. The van der Waals surface area contributed by atoms with Gasteiger partial charge in [0.25, 0.3) is 0 Å². The van der Waals surface area contributed by atoms with Crippen molar-refractivity contribution in [3.05, 3.63) is 42.5 Å². The molecular formula is C19H23N3O4S. The second-order valence-electron chi connectivity index (χ2n) is 6.04. The van der Waals surface area contributed by atoms with E-state index in [9.17, 15) is 8.42 Å². The highest BCUT2D eigenvalue weighted by Crippen LogP contribution is 2.37. The summed E-state index contributed by atoms with van der Waals surface area (Å²) in [6.45, 7) is 2.45. The number of aryl methyl sites for hydroxylation is 1. The summed E-state index contributed by atoms with van der Waals surface area (Å²) in [4.78, 5) is 0.138. The number of methoxy groups -OCH3 is 1. The fraction of sp³-hybridized carbons (Fsp3) is 0.263. The minimum atomic E-state index is -3.65. The first-order valence-electron chi connectivity index (χ1n) is 8.59. The molecule has 0 unspecified atom stereocenters. The molecule has 1 aromatic heterocycles. The van der Waals surface area contributed by atoms with Crippen molar-refractivity contribution in [1.29, 1.82) is 0 Å². The molecule has 0 spiro atoms. The molecular weight excluding hydrogens is 366 g/mol. The maximum Gasteiger partial charge on any atom is 0.240 e. The highest BCUT2D eigenvalue weighted by molar-refractivity contribution is 7.89. The number of ether oxygens (including phenoxy) is 1. The van der Waals surface area contributed by atoms with Crippen LogP contribution in [0.15, 0.2) is 47.4 Å². The van der Waals surface area contributed by atoms with E-state index in [2.05, 4.69) is 9.29 Å². The van der Waals surface area contributed by atoms with E-state index in [4.69, 9.17) is 15.6 Å². The third-order valence-electron chi connectivity index (χ3n) is 4.47. The molecule has 0 saturated carbocycles. The van der Waals surface area contributed by atoms with Gasteiger partial charge in [0, 0.05) is 30.1 Å². The lowest BCUT2D eigenvalue weighted by Gasteiger charge is -2.11. The molecule has 0 aliphatic heterocycles. The van der Waals surface area contributed by atoms with Gasteiger partial charge in [-0.3, -0.25) is 0 Å². The number of aliphatic hydroxyl groups is 1.